The van der Waals surface area contributed by atoms with E-state index in [4.69, 9.17) is 0 Å². The van der Waals surface area contributed by atoms with Gasteiger partial charge >= 0.3 is 0 Å². The predicted molar refractivity (Wildman–Crippen MR) is 76.9 cm³/mol. The average Bonchev–Trinajstić information content (AvgIpc) is 2.48. The first kappa shape index (κ1) is 13.6. The highest BCUT2D eigenvalue weighted by atomic mass is 19.2. The minimum Gasteiger partial charge on any atom is -0.384 e. The zero-order valence-corrected chi connectivity index (χ0v) is 11.3. The Labute approximate surface area is 120 Å². The molecule has 0 saturated heterocycles. The second kappa shape index (κ2) is 5.22. The predicted octanol–water partition coefficient (Wildman–Crippen LogP) is 3.90. The van der Waals surface area contributed by atoms with Gasteiger partial charge in [-0.15, -0.1) is 0 Å². The number of aliphatic hydroxyl groups is 1. The third-order valence-corrected chi connectivity index (χ3v) is 3.43. The number of hydrogen-bond acceptors (Lipinski definition) is 2. The van der Waals surface area contributed by atoms with Gasteiger partial charge in [-0.1, -0.05) is 24.3 Å². The van der Waals surface area contributed by atoms with Crippen LogP contribution in [0.5, 0.6) is 0 Å². The van der Waals surface area contributed by atoms with E-state index in [2.05, 4.69) is 4.98 Å². The molecule has 0 aliphatic heterocycles. The average molecular weight is 285 g/mol. The third-order valence-electron chi connectivity index (χ3n) is 3.43. The topological polar surface area (TPSA) is 33.1 Å². The molecule has 1 N–H and O–H groups in total. The number of hydrogen-bond donors (Lipinski definition) is 1. The molecule has 106 valence electrons. The third kappa shape index (κ3) is 2.50. The van der Waals surface area contributed by atoms with Crippen molar-refractivity contribution < 1.29 is 13.9 Å². The molecule has 4 heteroatoms. The molecule has 0 aliphatic rings. The number of fused-ring (bicyclic) bond motifs is 1. The van der Waals surface area contributed by atoms with Crippen LogP contribution in [0.2, 0.25) is 0 Å². The van der Waals surface area contributed by atoms with Gasteiger partial charge in [0.1, 0.15) is 6.10 Å². The zero-order chi connectivity index (χ0) is 15.0. The van der Waals surface area contributed by atoms with Gasteiger partial charge in [-0.2, -0.15) is 0 Å². The molecule has 1 atom stereocenters. The van der Waals surface area contributed by atoms with Gasteiger partial charge in [-0.05, 0) is 42.3 Å². The summed E-state index contributed by atoms with van der Waals surface area (Å²) in [6, 6.07) is 12.6. The Bertz CT molecular complexity index is 817. The normalized spacial score (nSPS) is 12.6. The smallest absolute Gasteiger partial charge is 0.159 e. The van der Waals surface area contributed by atoms with E-state index in [-0.39, 0.29) is 0 Å². The van der Waals surface area contributed by atoms with Crippen molar-refractivity contribution in [3.05, 3.63) is 77.0 Å². The van der Waals surface area contributed by atoms with Crippen LogP contribution in [-0.2, 0) is 0 Å². The van der Waals surface area contributed by atoms with Gasteiger partial charge in [0.25, 0.3) is 0 Å². The highest BCUT2D eigenvalue weighted by Gasteiger charge is 2.16. The fourth-order valence-corrected chi connectivity index (χ4v) is 2.43. The standard InChI is InChI=1S/C17H13F2NO/c1-10-8-13(12-4-2-3-5-16(12)20-10)17(21)11-6-7-14(18)15(19)9-11/h2-9,17,21H,1H3. The van der Waals surface area contributed by atoms with Crippen LogP contribution in [0.15, 0.2) is 48.5 Å². The molecule has 1 unspecified atom stereocenters. The fourth-order valence-electron chi connectivity index (χ4n) is 2.43. The summed E-state index contributed by atoms with van der Waals surface area (Å²) in [6.45, 7) is 1.83. The van der Waals surface area contributed by atoms with Crippen LogP contribution in [0, 0.1) is 18.6 Å². The molecule has 3 aromatic rings. The summed E-state index contributed by atoms with van der Waals surface area (Å²) >= 11 is 0. The SMILES string of the molecule is Cc1cc(C(O)c2ccc(F)c(F)c2)c2ccccc2n1. The lowest BCUT2D eigenvalue weighted by atomic mass is 9.97. The number of aryl methyl sites for hydroxylation is 1. The number of rotatable bonds is 2. The summed E-state index contributed by atoms with van der Waals surface area (Å²) in [5.74, 6) is -1.90. The first-order valence-electron chi connectivity index (χ1n) is 6.55. The van der Waals surface area contributed by atoms with Crippen LogP contribution >= 0.6 is 0 Å². The number of pyridine rings is 1. The molecule has 0 saturated carbocycles. The van der Waals surface area contributed by atoms with Crippen molar-refractivity contribution in [3.63, 3.8) is 0 Å². The Morgan fingerprint density at radius 1 is 1.00 bits per heavy atom. The van der Waals surface area contributed by atoms with Crippen molar-refractivity contribution in [3.8, 4) is 0 Å². The second-order valence-electron chi connectivity index (χ2n) is 4.95. The van der Waals surface area contributed by atoms with Gasteiger partial charge in [-0.3, -0.25) is 4.98 Å². The molecule has 0 radical (unpaired) electrons. The van der Waals surface area contributed by atoms with Crippen LogP contribution in [0.1, 0.15) is 22.9 Å². The maximum absolute atomic E-state index is 13.4. The van der Waals surface area contributed by atoms with Gasteiger partial charge in [0, 0.05) is 11.1 Å². The molecule has 0 spiro atoms. The van der Waals surface area contributed by atoms with Gasteiger partial charge in [0.15, 0.2) is 11.6 Å². The van der Waals surface area contributed by atoms with Crippen LogP contribution in [0.3, 0.4) is 0 Å². The molecule has 0 amide bonds. The lowest BCUT2D eigenvalue weighted by molar-refractivity contribution is 0.221. The Balaban J connectivity index is 2.16. The molecule has 0 bridgehead atoms. The monoisotopic (exact) mass is 285 g/mol. The van der Waals surface area contributed by atoms with E-state index in [0.29, 0.717) is 11.1 Å². The molecule has 21 heavy (non-hydrogen) atoms. The first-order valence-corrected chi connectivity index (χ1v) is 6.55. The van der Waals surface area contributed by atoms with Crippen LogP contribution in [0.25, 0.3) is 10.9 Å². The molecule has 0 aliphatic carbocycles. The summed E-state index contributed by atoms with van der Waals surface area (Å²) in [6.07, 6.45) is -1.04. The molecule has 2 nitrogen and oxygen atoms in total. The van der Waals surface area contributed by atoms with E-state index in [1.54, 1.807) is 6.07 Å². The summed E-state index contributed by atoms with van der Waals surface area (Å²) in [5, 5.41) is 11.3. The molecule has 3 rings (SSSR count). The number of aliphatic hydroxyl groups excluding tert-OH is 1. The maximum Gasteiger partial charge on any atom is 0.159 e. The van der Waals surface area contributed by atoms with E-state index < -0.39 is 17.7 Å². The summed E-state index contributed by atoms with van der Waals surface area (Å²) in [4.78, 5) is 4.40. The summed E-state index contributed by atoms with van der Waals surface area (Å²) in [7, 11) is 0. The number of para-hydroxylation sites is 1. The Hall–Kier alpha value is -2.33. The van der Waals surface area contributed by atoms with Crippen molar-refractivity contribution in [2.24, 2.45) is 0 Å². The van der Waals surface area contributed by atoms with Gasteiger partial charge in [0.05, 0.1) is 5.52 Å². The van der Waals surface area contributed by atoms with Crippen molar-refractivity contribution in [2.45, 2.75) is 13.0 Å². The number of nitrogens with zero attached hydrogens (tertiary/aromatic N) is 1. The lowest BCUT2D eigenvalue weighted by Crippen LogP contribution is -2.03. The number of benzene rings is 2. The Morgan fingerprint density at radius 3 is 2.52 bits per heavy atom. The van der Waals surface area contributed by atoms with Gasteiger partial charge in [0.2, 0.25) is 0 Å². The van der Waals surface area contributed by atoms with E-state index in [0.717, 1.165) is 28.7 Å². The van der Waals surface area contributed by atoms with Crippen LogP contribution < -0.4 is 0 Å². The van der Waals surface area contributed by atoms with Crippen molar-refractivity contribution >= 4 is 10.9 Å². The fraction of sp³-hybridized carbons (Fsp3) is 0.118. The van der Waals surface area contributed by atoms with E-state index in [1.807, 2.05) is 31.2 Å². The van der Waals surface area contributed by atoms with E-state index in [9.17, 15) is 13.9 Å². The minimum atomic E-state index is -1.04. The molecule has 1 aromatic heterocycles. The van der Waals surface area contributed by atoms with Crippen LogP contribution in [0.4, 0.5) is 8.78 Å². The first-order chi connectivity index (χ1) is 10.1. The molecule has 0 fully saturated rings. The molecular formula is C17H13F2NO. The number of halogens is 2. The highest BCUT2D eigenvalue weighted by Crippen LogP contribution is 2.29. The van der Waals surface area contributed by atoms with Crippen molar-refractivity contribution in [1.82, 2.24) is 4.98 Å². The van der Waals surface area contributed by atoms with Gasteiger partial charge in [-0.25, -0.2) is 8.78 Å². The highest BCUT2D eigenvalue weighted by molar-refractivity contribution is 5.83. The molecule has 2 aromatic carbocycles. The second-order valence-corrected chi connectivity index (χ2v) is 4.95. The quantitative estimate of drug-likeness (QED) is 0.774. The largest absolute Gasteiger partial charge is 0.384 e. The Morgan fingerprint density at radius 2 is 1.76 bits per heavy atom. The summed E-state index contributed by atoms with van der Waals surface area (Å²) < 4.78 is 26.4. The lowest BCUT2D eigenvalue weighted by Gasteiger charge is -2.15. The number of aromatic nitrogens is 1. The molecule has 1 heterocycles. The Kier molecular flexibility index (Phi) is 3.39. The van der Waals surface area contributed by atoms with Crippen LogP contribution in [-0.4, -0.2) is 10.1 Å². The van der Waals surface area contributed by atoms with Crippen molar-refractivity contribution in [1.29, 1.82) is 0 Å². The van der Waals surface area contributed by atoms with Crippen molar-refractivity contribution in [2.75, 3.05) is 0 Å². The summed E-state index contributed by atoms with van der Waals surface area (Å²) in [5.41, 5.74) is 2.45. The maximum atomic E-state index is 13.4. The van der Waals surface area contributed by atoms with Gasteiger partial charge < -0.3 is 5.11 Å². The zero-order valence-electron chi connectivity index (χ0n) is 11.3. The van der Waals surface area contributed by atoms with E-state index >= 15 is 0 Å². The minimum absolute atomic E-state index is 0.310. The molecular weight excluding hydrogens is 272 g/mol. The van der Waals surface area contributed by atoms with E-state index in [1.165, 1.54) is 6.07 Å².